The number of amides is 1. The molecule has 0 aliphatic carbocycles. The second-order valence-corrected chi connectivity index (χ2v) is 5.77. The van der Waals surface area contributed by atoms with E-state index in [2.05, 4.69) is 4.98 Å². The summed E-state index contributed by atoms with van der Waals surface area (Å²) >= 11 is 6.07. The van der Waals surface area contributed by atoms with Gasteiger partial charge in [-0.25, -0.2) is 9.78 Å². The number of nitrogens with zero attached hydrogens (tertiary/aromatic N) is 2. The molecule has 1 fully saturated rings. The van der Waals surface area contributed by atoms with E-state index in [1.54, 1.807) is 36.5 Å². The van der Waals surface area contributed by atoms with Gasteiger partial charge in [0.2, 0.25) is 0 Å². The van der Waals surface area contributed by atoms with Gasteiger partial charge >= 0.3 is 5.97 Å². The summed E-state index contributed by atoms with van der Waals surface area (Å²) in [4.78, 5) is 29.2. The molecule has 23 heavy (non-hydrogen) atoms. The third-order valence-corrected chi connectivity index (χ3v) is 4.30. The Labute approximate surface area is 138 Å². The summed E-state index contributed by atoms with van der Waals surface area (Å²) in [6, 6.07) is 9.89. The number of benzene rings is 1. The number of carboxylic acid groups (broad SMARTS) is 1. The molecule has 0 spiro atoms. The van der Waals surface area contributed by atoms with E-state index in [0.717, 1.165) is 11.1 Å². The highest BCUT2D eigenvalue weighted by Crippen LogP contribution is 2.27. The molecule has 6 heteroatoms. The van der Waals surface area contributed by atoms with Crippen LogP contribution in [-0.4, -0.2) is 39.5 Å². The highest BCUT2D eigenvalue weighted by atomic mass is 35.5. The van der Waals surface area contributed by atoms with Crippen LogP contribution in [0.5, 0.6) is 0 Å². The Balaban J connectivity index is 1.84. The summed E-state index contributed by atoms with van der Waals surface area (Å²) in [5.41, 5.74) is 2.12. The molecule has 5 nitrogen and oxygen atoms in total. The van der Waals surface area contributed by atoms with Crippen LogP contribution in [-0.2, 0) is 4.79 Å². The zero-order valence-electron chi connectivity index (χ0n) is 12.3. The summed E-state index contributed by atoms with van der Waals surface area (Å²) in [7, 11) is 0. The highest BCUT2D eigenvalue weighted by molar-refractivity contribution is 6.32. The Kier molecular flexibility index (Phi) is 4.30. The highest BCUT2D eigenvalue weighted by Gasteiger charge is 2.34. The van der Waals surface area contributed by atoms with Crippen molar-refractivity contribution < 1.29 is 14.7 Å². The van der Waals surface area contributed by atoms with Crippen LogP contribution < -0.4 is 0 Å². The molecule has 0 radical (unpaired) electrons. The number of carbonyl (C=O) groups is 2. The minimum atomic E-state index is -0.949. The molecule has 1 amide bonds. The number of pyridine rings is 1. The minimum absolute atomic E-state index is 0.251. The fourth-order valence-electron chi connectivity index (χ4n) is 2.83. The van der Waals surface area contributed by atoms with E-state index in [0.29, 0.717) is 30.1 Å². The van der Waals surface area contributed by atoms with Gasteiger partial charge in [0.25, 0.3) is 5.91 Å². The zero-order chi connectivity index (χ0) is 16.4. The Bertz CT molecular complexity index is 746. The van der Waals surface area contributed by atoms with Crippen molar-refractivity contribution in [1.82, 2.24) is 9.88 Å². The van der Waals surface area contributed by atoms with Gasteiger partial charge < -0.3 is 10.0 Å². The predicted molar refractivity (Wildman–Crippen MR) is 86.4 cm³/mol. The number of carbonyl (C=O) groups excluding carboxylic acids is 1. The summed E-state index contributed by atoms with van der Waals surface area (Å²) < 4.78 is 0. The first-order chi connectivity index (χ1) is 11.1. The molecule has 1 atom stereocenters. The van der Waals surface area contributed by atoms with Gasteiger partial charge in [0.15, 0.2) is 0 Å². The van der Waals surface area contributed by atoms with Crippen LogP contribution >= 0.6 is 11.6 Å². The van der Waals surface area contributed by atoms with Crippen LogP contribution in [0.15, 0.2) is 42.6 Å². The van der Waals surface area contributed by atoms with E-state index >= 15 is 0 Å². The third-order valence-electron chi connectivity index (χ3n) is 4.00. The number of carboxylic acids is 1. The van der Waals surface area contributed by atoms with Gasteiger partial charge in [0.1, 0.15) is 11.2 Å². The van der Waals surface area contributed by atoms with Crippen LogP contribution in [0.3, 0.4) is 0 Å². The first-order valence-electron chi connectivity index (χ1n) is 7.32. The van der Waals surface area contributed by atoms with Crippen molar-refractivity contribution >= 4 is 23.5 Å². The zero-order valence-corrected chi connectivity index (χ0v) is 13.0. The fourth-order valence-corrected chi connectivity index (χ4v) is 3.05. The fraction of sp³-hybridized carbons (Fsp3) is 0.235. The second kappa shape index (κ2) is 6.38. The Morgan fingerprint density at radius 1 is 1.22 bits per heavy atom. The van der Waals surface area contributed by atoms with Crippen LogP contribution in [0.4, 0.5) is 0 Å². The Hall–Kier alpha value is -2.40. The third kappa shape index (κ3) is 3.05. The molecular formula is C17H15ClN2O3. The van der Waals surface area contributed by atoms with E-state index < -0.39 is 12.0 Å². The van der Waals surface area contributed by atoms with E-state index in [1.807, 2.05) is 6.07 Å². The summed E-state index contributed by atoms with van der Waals surface area (Å²) in [6.07, 6.45) is 2.83. The molecule has 0 saturated carbocycles. The molecule has 3 rings (SSSR count). The molecule has 1 aliphatic heterocycles. The van der Waals surface area contributed by atoms with Crippen molar-refractivity contribution in [2.24, 2.45) is 0 Å². The number of hydrogen-bond donors (Lipinski definition) is 1. The van der Waals surface area contributed by atoms with Crippen molar-refractivity contribution in [3.8, 4) is 11.1 Å². The van der Waals surface area contributed by atoms with Crippen molar-refractivity contribution in [3.63, 3.8) is 0 Å². The lowest BCUT2D eigenvalue weighted by Crippen LogP contribution is -2.40. The van der Waals surface area contributed by atoms with Crippen molar-refractivity contribution in [1.29, 1.82) is 0 Å². The van der Waals surface area contributed by atoms with Gasteiger partial charge in [-0.15, -0.1) is 0 Å². The molecule has 0 bridgehead atoms. The first-order valence-corrected chi connectivity index (χ1v) is 7.70. The van der Waals surface area contributed by atoms with Crippen molar-refractivity contribution in [2.45, 2.75) is 18.9 Å². The quantitative estimate of drug-likeness (QED) is 0.878. The number of hydrogen-bond acceptors (Lipinski definition) is 3. The number of likely N-dealkylation sites (tertiary alicyclic amines) is 1. The topological polar surface area (TPSA) is 70.5 Å². The Morgan fingerprint density at radius 3 is 2.61 bits per heavy atom. The lowest BCUT2D eigenvalue weighted by molar-refractivity contribution is -0.141. The largest absolute Gasteiger partial charge is 0.480 e. The lowest BCUT2D eigenvalue weighted by atomic mass is 10.0. The molecule has 1 saturated heterocycles. The van der Waals surface area contributed by atoms with Gasteiger partial charge in [-0.1, -0.05) is 23.7 Å². The molecule has 2 aromatic rings. The van der Waals surface area contributed by atoms with Gasteiger partial charge in [-0.05, 0) is 42.7 Å². The van der Waals surface area contributed by atoms with Crippen molar-refractivity contribution in [3.05, 3.63) is 53.3 Å². The van der Waals surface area contributed by atoms with E-state index in [1.165, 1.54) is 4.90 Å². The number of halogens is 1. The molecular weight excluding hydrogens is 316 g/mol. The maximum Gasteiger partial charge on any atom is 0.326 e. The maximum absolute atomic E-state index is 12.5. The van der Waals surface area contributed by atoms with Gasteiger partial charge in [0, 0.05) is 23.9 Å². The first kappa shape index (κ1) is 15.5. The van der Waals surface area contributed by atoms with Gasteiger partial charge in [-0.2, -0.15) is 0 Å². The van der Waals surface area contributed by atoms with Gasteiger partial charge in [-0.3, -0.25) is 4.79 Å². The smallest absolute Gasteiger partial charge is 0.326 e. The molecule has 1 unspecified atom stereocenters. The number of rotatable bonds is 3. The van der Waals surface area contributed by atoms with E-state index in [-0.39, 0.29) is 5.91 Å². The lowest BCUT2D eigenvalue weighted by Gasteiger charge is -2.21. The summed E-state index contributed by atoms with van der Waals surface area (Å²) in [6.45, 7) is 0.478. The predicted octanol–water partition coefficient (Wildman–Crippen LogP) is 3.09. The van der Waals surface area contributed by atoms with Gasteiger partial charge in [0.05, 0.1) is 0 Å². The SMILES string of the molecule is O=C(O)C1CCCN1C(=O)c1ccc(-c2cccnc2Cl)cc1. The summed E-state index contributed by atoms with van der Waals surface area (Å²) in [5, 5.41) is 9.59. The van der Waals surface area contributed by atoms with Crippen LogP contribution in [0.25, 0.3) is 11.1 Å². The molecule has 2 heterocycles. The van der Waals surface area contributed by atoms with E-state index in [9.17, 15) is 14.7 Å². The number of aromatic nitrogens is 1. The van der Waals surface area contributed by atoms with Crippen LogP contribution in [0.1, 0.15) is 23.2 Å². The van der Waals surface area contributed by atoms with Crippen molar-refractivity contribution in [2.75, 3.05) is 6.54 Å². The molecule has 1 aromatic heterocycles. The maximum atomic E-state index is 12.5. The molecule has 1 aliphatic rings. The average Bonchev–Trinajstić information content (AvgIpc) is 3.05. The standard InChI is InChI=1S/C17H15ClN2O3/c18-15-13(3-1-9-19-15)11-5-7-12(8-6-11)16(21)20-10-2-4-14(20)17(22)23/h1,3,5-9,14H,2,4,10H2,(H,22,23). The summed E-state index contributed by atoms with van der Waals surface area (Å²) in [5.74, 6) is -1.20. The van der Waals surface area contributed by atoms with Crippen LogP contribution in [0, 0.1) is 0 Å². The normalized spacial score (nSPS) is 17.3. The molecule has 118 valence electrons. The average molecular weight is 331 g/mol. The van der Waals surface area contributed by atoms with Crippen LogP contribution in [0.2, 0.25) is 5.15 Å². The second-order valence-electron chi connectivity index (χ2n) is 5.41. The molecule has 1 N–H and O–H groups in total. The molecule has 1 aromatic carbocycles. The monoisotopic (exact) mass is 330 g/mol. The minimum Gasteiger partial charge on any atom is -0.480 e. The Morgan fingerprint density at radius 2 is 1.96 bits per heavy atom. The van der Waals surface area contributed by atoms with E-state index in [4.69, 9.17) is 11.6 Å². The number of aliphatic carboxylic acids is 1.